The van der Waals surface area contributed by atoms with Crippen molar-refractivity contribution in [3.63, 3.8) is 0 Å². The van der Waals surface area contributed by atoms with E-state index in [1.807, 2.05) is 0 Å². The van der Waals surface area contributed by atoms with Crippen LogP contribution in [0.3, 0.4) is 0 Å². The zero-order valence-corrected chi connectivity index (χ0v) is 12.7. The van der Waals surface area contributed by atoms with E-state index in [1.165, 1.54) is 43.4 Å². The highest BCUT2D eigenvalue weighted by Crippen LogP contribution is 2.34. The molecule has 0 unspecified atom stereocenters. The molecule has 1 aromatic carbocycles. The Kier molecular flexibility index (Phi) is 4.87. The first-order valence-corrected chi connectivity index (χ1v) is 7.56. The van der Waals surface area contributed by atoms with Crippen molar-refractivity contribution in [2.75, 3.05) is 25.5 Å². The third-order valence-electron chi connectivity index (χ3n) is 4.39. The zero-order valence-electron chi connectivity index (χ0n) is 12.7. The molecule has 1 saturated carbocycles. The van der Waals surface area contributed by atoms with E-state index in [1.54, 1.807) is 0 Å². The number of benzene rings is 1. The molecule has 1 aliphatic rings. The molecule has 1 fully saturated rings. The third kappa shape index (κ3) is 4.24. The molecule has 0 bridgehead atoms. The lowest BCUT2D eigenvalue weighted by molar-refractivity contribution is 0.207. The summed E-state index contributed by atoms with van der Waals surface area (Å²) in [5.41, 5.74) is 3.18. The third-order valence-corrected chi connectivity index (χ3v) is 4.39. The maximum Gasteiger partial charge on any atom is 0.0361 e. The van der Waals surface area contributed by atoms with E-state index >= 15 is 0 Å². The highest BCUT2D eigenvalue weighted by Gasteiger charge is 2.25. The summed E-state index contributed by atoms with van der Waals surface area (Å²) in [5, 5.41) is 3.65. The topological polar surface area (TPSA) is 15.3 Å². The van der Waals surface area contributed by atoms with Crippen LogP contribution >= 0.6 is 0 Å². The summed E-state index contributed by atoms with van der Waals surface area (Å²) in [6.45, 7) is 4.58. The van der Waals surface area contributed by atoms with Gasteiger partial charge in [0.2, 0.25) is 0 Å². The molecule has 1 aliphatic carbocycles. The van der Waals surface area contributed by atoms with E-state index in [-0.39, 0.29) is 0 Å². The van der Waals surface area contributed by atoms with Gasteiger partial charge in [0.25, 0.3) is 0 Å². The van der Waals surface area contributed by atoms with Gasteiger partial charge in [-0.25, -0.2) is 0 Å². The average molecular weight is 260 g/mol. The van der Waals surface area contributed by atoms with E-state index in [9.17, 15) is 0 Å². The van der Waals surface area contributed by atoms with Gasteiger partial charge in [-0.3, -0.25) is 0 Å². The zero-order chi connectivity index (χ0) is 13.7. The molecule has 0 atom stereocenters. The minimum Gasteiger partial charge on any atom is -0.378 e. The molecule has 0 aliphatic heterocycles. The fraction of sp³-hybridized carbons (Fsp3) is 0.647. The van der Waals surface area contributed by atoms with Gasteiger partial charge in [-0.05, 0) is 36.0 Å². The summed E-state index contributed by atoms with van der Waals surface area (Å²) in [6, 6.07) is 8.84. The van der Waals surface area contributed by atoms with E-state index in [0.717, 1.165) is 13.1 Å². The van der Waals surface area contributed by atoms with Crippen molar-refractivity contribution in [3.8, 4) is 0 Å². The Morgan fingerprint density at radius 3 is 2.26 bits per heavy atom. The molecule has 2 rings (SSSR count). The van der Waals surface area contributed by atoms with Crippen molar-refractivity contribution >= 4 is 5.69 Å². The number of nitrogens with zero attached hydrogens (tertiary/aromatic N) is 1. The van der Waals surface area contributed by atoms with Crippen LogP contribution in [-0.4, -0.2) is 20.6 Å². The van der Waals surface area contributed by atoms with E-state index in [2.05, 4.69) is 55.5 Å². The van der Waals surface area contributed by atoms with Crippen LogP contribution in [0.5, 0.6) is 0 Å². The monoisotopic (exact) mass is 260 g/mol. The average Bonchev–Trinajstić information content (AvgIpc) is 2.40. The molecular weight excluding hydrogens is 232 g/mol. The minimum absolute atomic E-state index is 0.530. The van der Waals surface area contributed by atoms with Crippen LogP contribution in [0.15, 0.2) is 24.3 Å². The second-order valence-corrected chi connectivity index (χ2v) is 6.54. The number of nitrogens with one attached hydrogen (secondary N) is 1. The number of hydrogen-bond acceptors (Lipinski definition) is 2. The van der Waals surface area contributed by atoms with Gasteiger partial charge in [0.1, 0.15) is 0 Å². The van der Waals surface area contributed by atoms with Crippen LogP contribution < -0.4 is 10.2 Å². The van der Waals surface area contributed by atoms with Crippen molar-refractivity contribution in [2.24, 2.45) is 5.41 Å². The first kappa shape index (κ1) is 14.4. The SMILES string of the molecule is CN(C)c1ccc(CNCC2(C)CCCCC2)cc1. The molecule has 0 saturated heterocycles. The summed E-state index contributed by atoms with van der Waals surface area (Å²) < 4.78 is 0. The van der Waals surface area contributed by atoms with Crippen LogP contribution in [0.1, 0.15) is 44.6 Å². The maximum atomic E-state index is 3.65. The Balaban J connectivity index is 1.79. The maximum absolute atomic E-state index is 3.65. The van der Waals surface area contributed by atoms with Gasteiger partial charge >= 0.3 is 0 Å². The first-order chi connectivity index (χ1) is 9.09. The van der Waals surface area contributed by atoms with Gasteiger partial charge in [0.05, 0.1) is 0 Å². The Hall–Kier alpha value is -1.02. The van der Waals surface area contributed by atoms with Crippen molar-refractivity contribution in [1.29, 1.82) is 0 Å². The standard InChI is InChI=1S/C17H28N2/c1-17(11-5-4-6-12-17)14-18-13-15-7-9-16(10-8-15)19(2)3/h7-10,18H,4-6,11-14H2,1-3H3. The molecule has 0 radical (unpaired) electrons. The summed E-state index contributed by atoms with van der Waals surface area (Å²) >= 11 is 0. The van der Waals surface area contributed by atoms with Crippen molar-refractivity contribution in [2.45, 2.75) is 45.6 Å². The smallest absolute Gasteiger partial charge is 0.0361 e. The normalized spacial score (nSPS) is 18.3. The van der Waals surface area contributed by atoms with Crippen LogP contribution in [0.2, 0.25) is 0 Å². The van der Waals surface area contributed by atoms with Crippen molar-refractivity contribution in [1.82, 2.24) is 5.32 Å². The second-order valence-electron chi connectivity index (χ2n) is 6.54. The van der Waals surface area contributed by atoms with Gasteiger partial charge < -0.3 is 10.2 Å². The summed E-state index contributed by atoms with van der Waals surface area (Å²) in [6.07, 6.45) is 7.03. The van der Waals surface area contributed by atoms with Crippen molar-refractivity contribution in [3.05, 3.63) is 29.8 Å². The van der Waals surface area contributed by atoms with E-state index in [4.69, 9.17) is 0 Å². The quantitative estimate of drug-likeness (QED) is 0.866. The van der Waals surface area contributed by atoms with E-state index < -0.39 is 0 Å². The molecular formula is C17H28N2. The Bertz CT molecular complexity index is 375. The molecule has 0 aromatic heterocycles. The fourth-order valence-electron chi connectivity index (χ4n) is 3.00. The highest BCUT2D eigenvalue weighted by molar-refractivity contribution is 5.45. The summed E-state index contributed by atoms with van der Waals surface area (Å²) in [4.78, 5) is 2.14. The lowest BCUT2D eigenvalue weighted by Crippen LogP contribution is -2.33. The number of anilines is 1. The molecule has 0 amide bonds. The highest BCUT2D eigenvalue weighted by atomic mass is 15.1. The largest absolute Gasteiger partial charge is 0.378 e. The molecule has 2 nitrogen and oxygen atoms in total. The lowest BCUT2D eigenvalue weighted by atomic mass is 9.76. The van der Waals surface area contributed by atoms with Crippen LogP contribution in [0.4, 0.5) is 5.69 Å². The number of rotatable bonds is 5. The Morgan fingerprint density at radius 2 is 1.68 bits per heavy atom. The van der Waals surface area contributed by atoms with Gasteiger partial charge in [0, 0.05) is 32.9 Å². The number of hydrogen-bond donors (Lipinski definition) is 1. The van der Waals surface area contributed by atoms with Crippen LogP contribution in [0.25, 0.3) is 0 Å². The Morgan fingerprint density at radius 1 is 1.05 bits per heavy atom. The van der Waals surface area contributed by atoms with Crippen LogP contribution in [0, 0.1) is 5.41 Å². The second kappa shape index (κ2) is 6.42. The van der Waals surface area contributed by atoms with Gasteiger partial charge in [0.15, 0.2) is 0 Å². The predicted molar refractivity (Wildman–Crippen MR) is 83.7 cm³/mol. The molecule has 106 valence electrons. The van der Waals surface area contributed by atoms with Gasteiger partial charge in [-0.2, -0.15) is 0 Å². The fourth-order valence-corrected chi connectivity index (χ4v) is 3.00. The van der Waals surface area contributed by atoms with Gasteiger partial charge in [-0.1, -0.05) is 38.3 Å². The first-order valence-electron chi connectivity index (χ1n) is 7.56. The Labute approximate surface area is 118 Å². The molecule has 0 spiro atoms. The predicted octanol–water partition coefficient (Wildman–Crippen LogP) is 3.81. The molecule has 2 heteroatoms. The van der Waals surface area contributed by atoms with Gasteiger partial charge in [-0.15, -0.1) is 0 Å². The van der Waals surface area contributed by atoms with Crippen LogP contribution in [-0.2, 0) is 6.54 Å². The molecule has 1 N–H and O–H groups in total. The summed E-state index contributed by atoms with van der Waals surface area (Å²) in [5.74, 6) is 0. The van der Waals surface area contributed by atoms with E-state index in [0.29, 0.717) is 5.41 Å². The molecule has 19 heavy (non-hydrogen) atoms. The minimum atomic E-state index is 0.530. The molecule has 0 heterocycles. The molecule has 1 aromatic rings. The van der Waals surface area contributed by atoms with Crippen molar-refractivity contribution < 1.29 is 0 Å². The summed E-state index contributed by atoms with van der Waals surface area (Å²) in [7, 11) is 4.16. The lowest BCUT2D eigenvalue weighted by Gasteiger charge is -2.33.